The molecule has 3 aromatic heterocycles. The van der Waals surface area contributed by atoms with Crippen molar-refractivity contribution in [1.82, 2.24) is 20.3 Å². The van der Waals surface area contributed by atoms with Crippen molar-refractivity contribution in [2.24, 2.45) is 0 Å². The van der Waals surface area contributed by atoms with Crippen molar-refractivity contribution in [3.05, 3.63) is 71.8 Å². The topological polar surface area (TPSA) is 62.8 Å². The Labute approximate surface area is 175 Å². The Bertz CT molecular complexity index is 1210. The molecular formula is C25H24N4O. The van der Waals surface area contributed by atoms with Crippen molar-refractivity contribution in [3.8, 4) is 22.3 Å². The normalized spacial score (nSPS) is 18.6. The Kier molecular flexibility index (Phi) is 4.36. The van der Waals surface area contributed by atoms with Crippen molar-refractivity contribution in [2.45, 2.75) is 31.9 Å². The lowest BCUT2D eigenvalue weighted by molar-refractivity contribution is 0.109. The molecule has 0 unspecified atom stereocenters. The molecule has 0 spiro atoms. The van der Waals surface area contributed by atoms with E-state index in [1.165, 1.54) is 35.1 Å². The summed E-state index contributed by atoms with van der Waals surface area (Å²) in [6.07, 6.45) is 11.1. The first-order valence-electron chi connectivity index (χ1n) is 10.7. The summed E-state index contributed by atoms with van der Waals surface area (Å²) < 4.78 is 5.80. The summed E-state index contributed by atoms with van der Waals surface area (Å²) in [4.78, 5) is 12.3. The summed E-state index contributed by atoms with van der Waals surface area (Å²) >= 11 is 0. The number of aromatic nitrogens is 3. The third-order valence-electron chi connectivity index (χ3n) is 6.41. The predicted octanol–water partition coefficient (Wildman–Crippen LogP) is 4.79. The van der Waals surface area contributed by atoms with E-state index in [0.29, 0.717) is 6.04 Å². The van der Waals surface area contributed by atoms with Gasteiger partial charge in [-0.3, -0.25) is 4.98 Å². The average Bonchev–Trinajstić information content (AvgIpc) is 3.49. The van der Waals surface area contributed by atoms with Crippen LogP contribution < -0.4 is 5.32 Å². The van der Waals surface area contributed by atoms with Gasteiger partial charge in [-0.1, -0.05) is 12.1 Å². The molecule has 0 saturated carbocycles. The van der Waals surface area contributed by atoms with E-state index in [0.717, 1.165) is 53.9 Å². The van der Waals surface area contributed by atoms with Crippen LogP contribution in [0, 0.1) is 0 Å². The van der Waals surface area contributed by atoms with E-state index in [1.807, 2.05) is 24.7 Å². The molecule has 5 heteroatoms. The number of rotatable bonds is 3. The van der Waals surface area contributed by atoms with Gasteiger partial charge in [0.2, 0.25) is 0 Å². The molecule has 1 atom stereocenters. The number of H-pyrrole nitrogens is 1. The number of nitrogens with one attached hydrogen (secondary N) is 2. The molecule has 2 aliphatic rings. The molecule has 6 rings (SSSR count). The second-order valence-corrected chi connectivity index (χ2v) is 8.22. The Balaban J connectivity index is 1.49. The SMILES string of the molecule is c1cncc(-c2c[nH]c3ncc(-c4cc5c(c([C@@H]6CCCN6)c4)COCC5)cc23)c1. The van der Waals surface area contributed by atoms with Crippen molar-refractivity contribution in [2.75, 3.05) is 13.2 Å². The number of hydrogen-bond acceptors (Lipinski definition) is 4. The van der Waals surface area contributed by atoms with E-state index < -0.39 is 0 Å². The van der Waals surface area contributed by atoms with E-state index in [-0.39, 0.29) is 0 Å². The predicted molar refractivity (Wildman–Crippen MR) is 118 cm³/mol. The highest BCUT2D eigenvalue weighted by Crippen LogP contribution is 2.36. The van der Waals surface area contributed by atoms with E-state index in [1.54, 1.807) is 6.20 Å². The summed E-state index contributed by atoms with van der Waals surface area (Å²) in [5, 5.41) is 4.80. The number of hydrogen-bond donors (Lipinski definition) is 2. The smallest absolute Gasteiger partial charge is 0.137 e. The minimum Gasteiger partial charge on any atom is -0.376 e. The van der Waals surface area contributed by atoms with Crippen LogP contribution in [0.2, 0.25) is 0 Å². The maximum absolute atomic E-state index is 5.80. The Morgan fingerprint density at radius 1 is 1.07 bits per heavy atom. The van der Waals surface area contributed by atoms with Gasteiger partial charge in [-0.05, 0) is 66.3 Å². The Morgan fingerprint density at radius 3 is 2.93 bits per heavy atom. The summed E-state index contributed by atoms with van der Waals surface area (Å²) in [6.45, 7) is 2.62. The van der Waals surface area contributed by atoms with E-state index in [2.05, 4.69) is 39.6 Å². The molecule has 0 radical (unpaired) electrons. The number of pyridine rings is 2. The van der Waals surface area contributed by atoms with Crippen molar-refractivity contribution in [1.29, 1.82) is 0 Å². The van der Waals surface area contributed by atoms with E-state index in [4.69, 9.17) is 9.72 Å². The zero-order valence-corrected chi connectivity index (χ0v) is 16.8. The number of benzene rings is 1. The first kappa shape index (κ1) is 17.8. The largest absolute Gasteiger partial charge is 0.376 e. The lowest BCUT2D eigenvalue weighted by atomic mass is 9.88. The highest BCUT2D eigenvalue weighted by atomic mass is 16.5. The molecule has 1 aromatic carbocycles. The maximum atomic E-state index is 5.80. The van der Waals surface area contributed by atoms with Crippen LogP contribution in [0.1, 0.15) is 35.6 Å². The Hall–Kier alpha value is -3.02. The third-order valence-corrected chi connectivity index (χ3v) is 6.41. The lowest BCUT2D eigenvalue weighted by Gasteiger charge is -2.24. The van der Waals surface area contributed by atoms with Gasteiger partial charge in [0.1, 0.15) is 5.65 Å². The molecular weight excluding hydrogens is 372 g/mol. The van der Waals surface area contributed by atoms with Gasteiger partial charge in [-0.2, -0.15) is 0 Å². The molecule has 4 aromatic rings. The molecule has 0 aliphatic carbocycles. The first-order chi connectivity index (χ1) is 14.9. The van der Waals surface area contributed by atoms with Crippen LogP contribution in [0.5, 0.6) is 0 Å². The molecule has 1 fully saturated rings. The molecule has 5 heterocycles. The number of nitrogens with zero attached hydrogens (tertiary/aromatic N) is 2. The van der Waals surface area contributed by atoms with Crippen LogP contribution in [-0.4, -0.2) is 28.1 Å². The van der Waals surface area contributed by atoms with Crippen molar-refractivity contribution >= 4 is 11.0 Å². The van der Waals surface area contributed by atoms with Gasteiger partial charge in [0.15, 0.2) is 0 Å². The molecule has 5 nitrogen and oxygen atoms in total. The number of aromatic amines is 1. The van der Waals surface area contributed by atoms with Crippen molar-refractivity contribution < 1.29 is 4.74 Å². The second kappa shape index (κ2) is 7.35. The minimum atomic E-state index is 0.426. The highest BCUT2D eigenvalue weighted by Gasteiger charge is 2.24. The van der Waals surface area contributed by atoms with Crippen LogP contribution in [0.25, 0.3) is 33.3 Å². The fourth-order valence-corrected chi connectivity index (χ4v) is 4.86. The summed E-state index contributed by atoms with van der Waals surface area (Å²) in [5.41, 5.74) is 9.74. The van der Waals surface area contributed by atoms with Gasteiger partial charge in [0.05, 0.1) is 13.2 Å². The molecule has 1 saturated heterocycles. The summed E-state index contributed by atoms with van der Waals surface area (Å²) in [5.74, 6) is 0. The van der Waals surface area contributed by atoms with Crippen LogP contribution >= 0.6 is 0 Å². The molecule has 30 heavy (non-hydrogen) atoms. The number of ether oxygens (including phenoxy) is 1. The van der Waals surface area contributed by atoms with Gasteiger partial charge in [-0.15, -0.1) is 0 Å². The molecule has 0 amide bonds. The standard InChI is InChI=1S/C25H24N4O/c1-3-17(12-26-6-1)22-14-29-25-21(22)11-19(13-28-25)18-9-16-5-8-30-15-23(16)20(10-18)24-4-2-7-27-24/h1,3,6,9-14,24,27H,2,4-5,7-8,15H2,(H,28,29)/t24-/m0/s1. The van der Waals surface area contributed by atoms with E-state index >= 15 is 0 Å². The zero-order chi connectivity index (χ0) is 19.9. The summed E-state index contributed by atoms with van der Waals surface area (Å²) in [6, 6.07) is 11.4. The fourth-order valence-electron chi connectivity index (χ4n) is 4.86. The van der Waals surface area contributed by atoms with Crippen molar-refractivity contribution in [3.63, 3.8) is 0 Å². The van der Waals surface area contributed by atoms with Gasteiger partial charge in [0.25, 0.3) is 0 Å². The van der Waals surface area contributed by atoms with Gasteiger partial charge >= 0.3 is 0 Å². The third kappa shape index (κ3) is 3.02. The van der Waals surface area contributed by atoms with E-state index in [9.17, 15) is 0 Å². The maximum Gasteiger partial charge on any atom is 0.137 e. The van der Waals surface area contributed by atoms with Crippen LogP contribution in [0.4, 0.5) is 0 Å². The minimum absolute atomic E-state index is 0.426. The van der Waals surface area contributed by atoms with Crippen LogP contribution in [-0.2, 0) is 17.8 Å². The van der Waals surface area contributed by atoms with Crippen LogP contribution in [0.3, 0.4) is 0 Å². The monoisotopic (exact) mass is 396 g/mol. The number of fused-ring (bicyclic) bond motifs is 2. The molecule has 2 N–H and O–H groups in total. The van der Waals surface area contributed by atoms with Gasteiger partial charge in [0, 0.05) is 52.9 Å². The molecule has 150 valence electrons. The Morgan fingerprint density at radius 2 is 2.07 bits per heavy atom. The first-order valence-corrected chi connectivity index (χ1v) is 10.7. The second-order valence-electron chi connectivity index (χ2n) is 8.22. The van der Waals surface area contributed by atoms with Crippen LogP contribution in [0.15, 0.2) is 55.1 Å². The zero-order valence-electron chi connectivity index (χ0n) is 16.8. The lowest BCUT2D eigenvalue weighted by Crippen LogP contribution is -2.19. The van der Waals surface area contributed by atoms with Gasteiger partial charge in [-0.25, -0.2) is 4.98 Å². The average molecular weight is 396 g/mol. The quantitative estimate of drug-likeness (QED) is 0.523. The highest BCUT2D eigenvalue weighted by molar-refractivity contribution is 5.95. The molecule has 2 aliphatic heterocycles. The fraction of sp³-hybridized carbons (Fsp3) is 0.280. The summed E-state index contributed by atoms with van der Waals surface area (Å²) in [7, 11) is 0. The van der Waals surface area contributed by atoms with Gasteiger partial charge < -0.3 is 15.0 Å². The molecule has 0 bridgehead atoms.